The molecule has 1 heterocycles. The van der Waals surface area contributed by atoms with Crippen molar-refractivity contribution in [1.82, 2.24) is 4.98 Å². The second-order valence-corrected chi connectivity index (χ2v) is 2.78. The molecule has 0 saturated heterocycles. The van der Waals surface area contributed by atoms with Gasteiger partial charge in [-0.15, -0.1) is 11.6 Å². The van der Waals surface area contributed by atoms with Crippen molar-refractivity contribution in [2.75, 3.05) is 0 Å². The van der Waals surface area contributed by atoms with Crippen molar-refractivity contribution >= 4 is 17.3 Å². The van der Waals surface area contributed by atoms with Crippen LogP contribution in [0.3, 0.4) is 0 Å². The molecule has 0 unspecified atom stereocenters. The maximum Gasteiger partial charge on any atom is 0.323 e. The Balaban J connectivity index is 3.42. The zero-order chi connectivity index (χ0) is 11.6. The first kappa shape index (κ1) is 11.7. The lowest BCUT2D eigenvalue weighted by Crippen LogP contribution is -2.04. The molecule has 0 atom stereocenters. The van der Waals surface area contributed by atoms with E-state index in [1.807, 2.05) is 0 Å². The summed E-state index contributed by atoms with van der Waals surface area (Å²) in [6.45, 7) is 0. The van der Waals surface area contributed by atoms with Gasteiger partial charge in [-0.05, 0) is 0 Å². The fourth-order valence-electron chi connectivity index (χ4n) is 0.985. The third kappa shape index (κ3) is 2.17. The van der Waals surface area contributed by atoms with Crippen molar-refractivity contribution in [2.24, 2.45) is 0 Å². The highest BCUT2D eigenvalue weighted by Crippen LogP contribution is 2.30. The van der Waals surface area contributed by atoms with Gasteiger partial charge in [0.05, 0.1) is 22.1 Å². The van der Waals surface area contributed by atoms with E-state index < -0.39 is 40.0 Å². The smallest absolute Gasteiger partial charge is 0.258 e. The summed E-state index contributed by atoms with van der Waals surface area (Å²) >= 11 is 5.25. The van der Waals surface area contributed by atoms with Gasteiger partial charge in [0.1, 0.15) is 6.20 Å². The largest absolute Gasteiger partial charge is 0.323 e. The van der Waals surface area contributed by atoms with Gasteiger partial charge in [0, 0.05) is 0 Å². The Bertz CT molecular complexity index is 400. The number of aromatic nitrogens is 1. The van der Waals surface area contributed by atoms with Crippen LogP contribution in [0, 0.1) is 15.9 Å². The monoisotopic (exact) mass is 240 g/mol. The summed E-state index contributed by atoms with van der Waals surface area (Å²) in [7, 11) is 0. The van der Waals surface area contributed by atoms with E-state index in [1.165, 1.54) is 0 Å². The summed E-state index contributed by atoms with van der Waals surface area (Å²) in [5, 5.41) is 10.2. The maximum absolute atomic E-state index is 13.2. The van der Waals surface area contributed by atoms with Gasteiger partial charge in [0.25, 0.3) is 6.43 Å². The molecule has 1 rings (SSSR count). The summed E-state index contributed by atoms with van der Waals surface area (Å²) < 4.78 is 37.9. The zero-order valence-corrected chi connectivity index (χ0v) is 7.84. The SMILES string of the molecule is O=[N+]([O-])c1cnc(CCl)c(C(F)F)c1F. The summed E-state index contributed by atoms with van der Waals surface area (Å²) in [6, 6.07) is 0. The van der Waals surface area contributed by atoms with Crippen LogP contribution in [0.5, 0.6) is 0 Å². The summed E-state index contributed by atoms with van der Waals surface area (Å²) in [5.41, 5.74) is -2.59. The van der Waals surface area contributed by atoms with Gasteiger partial charge in [0.2, 0.25) is 5.82 Å². The first-order valence-electron chi connectivity index (χ1n) is 3.64. The van der Waals surface area contributed by atoms with Crippen molar-refractivity contribution in [3.05, 3.63) is 33.4 Å². The van der Waals surface area contributed by atoms with Crippen LogP contribution in [0.2, 0.25) is 0 Å². The Morgan fingerprint density at radius 1 is 1.60 bits per heavy atom. The molecule has 0 spiro atoms. The quantitative estimate of drug-likeness (QED) is 0.464. The van der Waals surface area contributed by atoms with E-state index in [0.717, 1.165) is 0 Å². The number of hydrogen-bond acceptors (Lipinski definition) is 3. The van der Waals surface area contributed by atoms with Gasteiger partial charge in [-0.25, -0.2) is 8.78 Å². The van der Waals surface area contributed by atoms with Crippen molar-refractivity contribution in [3.63, 3.8) is 0 Å². The highest BCUT2D eigenvalue weighted by atomic mass is 35.5. The van der Waals surface area contributed by atoms with E-state index in [9.17, 15) is 23.3 Å². The Morgan fingerprint density at radius 2 is 2.20 bits per heavy atom. The van der Waals surface area contributed by atoms with Gasteiger partial charge in [-0.3, -0.25) is 15.1 Å². The molecule has 0 aliphatic heterocycles. The number of hydrogen-bond donors (Lipinski definition) is 0. The highest BCUT2D eigenvalue weighted by molar-refractivity contribution is 6.17. The lowest BCUT2D eigenvalue weighted by atomic mass is 10.2. The van der Waals surface area contributed by atoms with E-state index in [2.05, 4.69) is 4.98 Å². The molecule has 0 amide bonds. The number of rotatable bonds is 3. The van der Waals surface area contributed by atoms with Crippen LogP contribution in [-0.4, -0.2) is 9.91 Å². The molecule has 4 nitrogen and oxygen atoms in total. The summed E-state index contributed by atoms with van der Waals surface area (Å²) in [6.07, 6.45) is -2.62. The summed E-state index contributed by atoms with van der Waals surface area (Å²) in [5.74, 6) is -2.02. The zero-order valence-electron chi connectivity index (χ0n) is 7.08. The third-order valence-electron chi connectivity index (χ3n) is 1.66. The van der Waals surface area contributed by atoms with Crippen LogP contribution >= 0.6 is 11.6 Å². The predicted octanol–water partition coefficient (Wildman–Crippen LogP) is 2.81. The van der Waals surface area contributed by atoms with Crippen LogP contribution in [0.25, 0.3) is 0 Å². The average molecular weight is 241 g/mol. The molecule has 8 heteroatoms. The number of halogens is 4. The molecule has 0 saturated carbocycles. The van der Waals surface area contributed by atoms with E-state index >= 15 is 0 Å². The number of alkyl halides is 3. The van der Waals surface area contributed by atoms with Crippen LogP contribution in [0.15, 0.2) is 6.20 Å². The molecule has 0 bridgehead atoms. The third-order valence-corrected chi connectivity index (χ3v) is 1.91. The molecule has 1 aromatic rings. The van der Waals surface area contributed by atoms with E-state index in [0.29, 0.717) is 6.20 Å². The van der Waals surface area contributed by atoms with Crippen LogP contribution < -0.4 is 0 Å². The fraction of sp³-hybridized carbons (Fsp3) is 0.286. The molecule has 0 aliphatic rings. The fourth-order valence-corrected chi connectivity index (χ4v) is 1.20. The van der Waals surface area contributed by atoms with Gasteiger partial charge < -0.3 is 0 Å². The molecular weight excluding hydrogens is 237 g/mol. The number of pyridine rings is 1. The van der Waals surface area contributed by atoms with E-state index in [4.69, 9.17) is 11.6 Å². The van der Waals surface area contributed by atoms with E-state index in [1.54, 1.807) is 0 Å². The van der Waals surface area contributed by atoms with E-state index in [-0.39, 0.29) is 0 Å². The molecule has 82 valence electrons. The van der Waals surface area contributed by atoms with Crippen molar-refractivity contribution in [1.29, 1.82) is 0 Å². The maximum atomic E-state index is 13.2. The van der Waals surface area contributed by atoms with Crippen LogP contribution in [0.4, 0.5) is 18.9 Å². The molecule has 15 heavy (non-hydrogen) atoms. The molecule has 0 radical (unpaired) electrons. The molecule has 0 aromatic carbocycles. The molecule has 0 fully saturated rings. The Kier molecular flexibility index (Phi) is 3.46. The highest BCUT2D eigenvalue weighted by Gasteiger charge is 2.27. The van der Waals surface area contributed by atoms with Crippen molar-refractivity contribution in [3.8, 4) is 0 Å². The normalized spacial score (nSPS) is 10.7. The first-order valence-corrected chi connectivity index (χ1v) is 4.18. The van der Waals surface area contributed by atoms with Gasteiger partial charge in [-0.2, -0.15) is 4.39 Å². The first-order chi connectivity index (χ1) is 6.99. The minimum Gasteiger partial charge on any atom is -0.258 e. The number of nitro groups is 1. The second-order valence-electron chi connectivity index (χ2n) is 2.51. The van der Waals surface area contributed by atoms with Crippen molar-refractivity contribution in [2.45, 2.75) is 12.3 Å². The number of nitrogens with zero attached hydrogens (tertiary/aromatic N) is 2. The molecule has 1 aromatic heterocycles. The second kappa shape index (κ2) is 4.43. The van der Waals surface area contributed by atoms with Crippen LogP contribution in [0.1, 0.15) is 17.7 Å². The topological polar surface area (TPSA) is 56.0 Å². The van der Waals surface area contributed by atoms with Gasteiger partial charge in [-0.1, -0.05) is 0 Å². The Hall–Kier alpha value is -1.37. The molecule has 0 aliphatic carbocycles. The summed E-state index contributed by atoms with van der Waals surface area (Å²) in [4.78, 5) is 12.4. The minimum atomic E-state index is -3.19. The van der Waals surface area contributed by atoms with Crippen molar-refractivity contribution < 1.29 is 18.1 Å². The standard InChI is InChI=1S/C7H4ClF3N2O2/c8-1-3-5(7(10)11)6(9)4(2-12-3)13(14)15/h2,7H,1H2. The molecule has 0 N–H and O–H groups in total. The molecular formula is C7H4ClF3N2O2. The Morgan fingerprint density at radius 3 is 2.60 bits per heavy atom. The Labute approximate surface area is 86.8 Å². The lowest BCUT2D eigenvalue weighted by Gasteiger charge is -2.06. The minimum absolute atomic E-state index is 0.394. The lowest BCUT2D eigenvalue weighted by molar-refractivity contribution is -0.388. The average Bonchev–Trinajstić information content (AvgIpc) is 2.15. The van der Waals surface area contributed by atoms with Crippen LogP contribution in [-0.2, 0) is 5.88 Å². The van der Waals surface area contributed by atoms with Gasteiger partial charge >= 0.3 is 5.69 Å². The predicted molar refractivity (Wildman–Crippen MR) is 45.4 cm³/mol. The van der Waals surface area contributed by atoms with Gasteiger partial charge in [0.15, 0.2) is 0 Å².